The Morgan fingerprint density at radius 2 is 1.89 bits per heavy atom. The quantitative estimate of drug-likeness (QED) is 0.385. The Kier molecular flexibility index (Phi) is 6.66. The van der Waals surface area contributed by atoms with Crippen LogP contribution < -0.4 is 20.1 Å². The third-order valence-electron chi connectivity index (χ3n) is 4.40. The van der Waals surface area contributed by atoms with Crippen molar-refractivity contribution >= 4 is 17.6 Å². The van der Waals surface area contributed by atoms with Crippen molar-refractivity contribution in [2.24, 2.45) is 7.05 Å². The molecule has 0 aliphatic rings. The van der Waals surface area contributed by atoms with Crippen LogP contribution in [0.25, 0.3) is 11.6 Å². The van der Waals surface area contributed by atoms with E-state index in [2.05, 4.69) is 35.8 Å². The normalized spacial score (nSPS) is 10.8. The zero-order chi connectivity index (χ0) is 24.9. The number of nitrogens with zero attached hydrogens (tertiary/aromatic N) is 6. The van der Waals surface area contributed by atoms with Crippen LogP contribution in [0, 0.1) is 0 Å². The molecule has 4 rings (SSSR count). The van der Waals surface area contributed by atoms with Gasteiger partial charge in [-0.05, 0) is 26.0 Å². The Bertz CT molecular complexity index is 1350. The maximum atomic E-state index is 12.8. The minimum atomic E-state index is -0.487. The summed E-state index contributed by atoms with van der Waals surface area (Å²) >= 11 is 0. The van der Waals surface area contributed by atoms with Gasteiger partial charge in [0.1, 0.15) is 17.2 Å². The number of hydrogen-bond acceptors (Lipinski definition) is 10. The second kappa shape index (κ2) is 9.99. The monoisotopic (exact) mass is 478 g/mol. The van der Waals surface area contributed by atoms with Gasteiger partial charge in [-0.1, -0.05) is 5.16 Å². The maximum absolute atomic E-state index is 12.8. The van der Waals surface area contributed by atoms with Crippen molar-refractivity contribution < 1.29 is 23.6 Å². The summed E-state index contributed by atoms with van der Waals surface area (Å²) in [4.78, 5) is 36.7. The molecule has 0 fully saturated rings. The first-order valence-electron chi connectivity index (χ1n) is 10.5. The number of rotatable bonds is 8. The van der Waals surface area contributed by atoms with E-state index in [1.54, 1.807) is 42.2 Å². The lowest BCUT2D eigenvalue weighted by atomic mass is 10.2. The molecule has 4 aromatic rings. The van der Waals surface area contributed by atoms with Crippen molar-refractivity contribution in [1.29, 1.82) is 0 Å². The summed E-state index contributed by atoms with van der Waals surface area (Å²) in [5, 5.41) is 12.9. The van der Waals surface area contributed by atoms with Crippen LogP contribution in [-0.4, -0.2) is 54.9 Å². The van der Waals surface area contributed by atoms with Crippen LogP contribution in [0.4, 0.5) is 5.82 Å². The molecule has 3 heterocycles. The van der Waals surface area contributed by atoms with E-state index in [4.69, 9.17) is 14.0 Å². The van der Waals surface area contributed by atoms with Gasteiger partial charge < -0.3 is 24.6 Å². The van der Waals surface area contributed by atoms with E-state index >= 15 is 0 Å². The van der Waals surface area contributed by atoms with E-state index in [1.165, 1.54) is 19.4 Å². The molecule has 2 N–H and O–H groups in total. The molecule has 2 amide bonds. The largest absolute Gasteiger partial charge is 0.491 e. The van der Waals surface area contributed by atoms with Crippen molar-refractivity contribution in [3.8, 4) is 29.0 Å². The van der Waals surface area contributed by atoms with Gasteiger partial charge in [-0.3, -0.25) is 14.3 Å². The van der Waals surface area contributed by atoms with Crippen LogP contribution in [0.3, 0.4) is 0 Å². The van der Waals surface area contributed by atoms with Crippen LogP contribution in [0.5, 0.6) is 17.4 Å². The smallest absolute Gasteiger partial charge is 0.292 e. The molecule has 0 saturated carbocycles. The zero-order valence-corrected chi connectivity index (χ0v) is 19.3. The van der Waals surface area contributed by atoms with Crippen molar-refractivity contribution in [1.82, 2.24) is 35.2 Å². The predicted octanol–water partition coefficient (Wildman–Crippen LogP) is 2.45. The first-order chi connectivity index (χ1) is 16.8. The fourth-order valence-electron chi connectivity index (χ4n) is 2.90. The first kappa shape index (κ1) is 23.4. The molecule has 0 unspecified atom stereocenters. The van der Waals surface area contributed by atoms with Crippen LogP contribution in [-0.2, 0) is 7.05 Å². The molecule has 13 nitrogen and oxygen atoms in total. The third-order valence-corrected chi connectivity index (χ3v) is 4.40. The van der Waals surface area contributed by atoms with Crippen LogP contribution in [0.2, 0.25) is 0 Å². The Balaban J connectivity index is 1.54. The summed E-state index contributed by atoms with van der Waals surface area (Å²) in [6, 6.07) is 6.48. The third kappa shape index (κ3) is 5.76. The van der Waals surface area contributed by atoms with Gasteiger partial charge in [-0.2, -0.15) is 10.1 Å². The minimum absolute atomic E-state index is 0.0310. The number of benzene rings is 1. The Morgan fingerprint density at radius 1 is 1.09 bits per heavy atom. The number of carbonyl (C=O) groups is 2. The van der Waals surface area contributed by atoms with Gasteiger partial charge in [0, 0.05) is 38.0 Å². The minimum Gasteiger partial charge on any atom is -0.491 e. The van der Waals surface area contributed by atoms with Crippen molar-refractivity contribution in [2.45, 2.75) is 20.0 Å². The van der Waals surface area contributed by atoms with Gasteiger partial charge in [0.2, 0.25) is 5.88 Å². The number of nitrogens with one attached hydrogen (secondary N) is 2. The van der Waals surface area contributed by atoms with Crippen LogP contribution >= 0.6 is 0 Å². The van der Waals surface area contributed by atoms with E-state index in [-0.39, 0.29) is 35.3 Å². The Morgan fingerprint density at radius 3 is 2.54 bits per heavy atom. The zero-order valence-electron chi connectivity index (χ0n) is 19.3. The molecule has 0 aliphatic carbocycles. The highest BCUT2D eigenvalue weighted by Gasteiger charge is 2.17. The van der Waals surface area contributed by atoms with Crippen molar-refractivity contribution in [2.75, 3.05) is 12.4 Å². The summed E-state index contributed by atoms with van der Waals surface area (Å²) < 4.78 is 18.2. The van der Waals surface area contributed by atoms with Crippen LogP contribution in [0.15, 0.2) is 47.4 Å². The molecule has 1 aromatic carbocycles. The Labute approximate surface area is 199 Å². The second-order valence-corrected chi connectivity index (χ2v) is 7.53. The lowest BCUT2D eigenvalue weighted by Crippen LogP contribution is -2.19. The number of ether oxygens (including phenoxy) is 2. The highest BCUT2D eigenvalue weighted by molar-refractivity contribution is 6.04. The van der Waals surface area contributed by atoms with Gasteiger partial charge in [0.25, 0.3) is 23.5 Å². The molecule has 0 spiro atoms. The van der Waals surface area contributed by atoms with E-state index in [0.29, 0.717) is 22.9 Å². The molecule has 13 heteroatoms. The number of hydrogen-bond donors (Lipinski definition) is 2. The van der Waals surface area contributed by atoms with Gasteiger partial charge in [-0.15, -0.1) is 0 Å². The van der Waals surface area contributed by atoms with Crippen molar-refractivity contribution in [3.05, 3.63) is 54.2 Å². The molecule has 0 radical (unpaired) electrons. The highest BCUT2D eigenvalue weighted by atomic mass is 16.5. The molecule has 180 valence electrons. The summed E-state index contributed by atoms with van der Waals surface area (Å²) in [6.45, 7) is 3.75. The number of anilines is 1. The molecular weight excluding hydrogens is 456 g/mol. The Hall–Kier alpha value is -4.81. The van der Waals surface area contributed by atoms with E-state index in [9.17, 15) is 9.59 Å². The van der Waals surface area contributed by atoms with E-state index < -0.39 is 5.91 Å². The summed E-state index contributed by atoms with van der Waals surface area (Å²) in [7, 11) is 3.21. The van der Waals surface area contributed by atoms with Gasteiger partial charge in [0.05, 0.1) is 18.5 Å². The van der Waals surface area contributed by atoms with E-state index in [1.807, 2.05) is 13.8 Å². The van der Waals surface area contributed by atoms with E-state index in [0.717, 1.165) is 0 Å². The maximum Gasteiger partial charge on any atom is 0.292 e. The predicted molar refractivity (Wildman–Crippen MR) is 122 cm³/mol. The van der Waals surface area contributed by atoms with Gasteiger partial charge in [0.15, 0.2) is 5.82 Å². The summed E-state index contributed by atoms with van der Waals surface area (Å²) in [6.07, 6.45) is 4.31. The number of aromatic nitrogens is 6. The standard InChI is InChI=1S/C22H22N8O5/c1-12(2)33-14-7-13(20(31)26-17-5-6-30(4)28-17)8-15(9-14)34-18-11-24-16(10-25-18)22-27-19(29-35-22)21(32)23-3/h5-12H,1-4H3,(H,23,32)(H,26,28,31). The second-order valence-electron chi connectivity index (χ2n) is 7.53. The topological polar surface area (TPSA) is 159 Å². The molecule has 3 aromatic heterocycles. The lowest BCUT2D eigenvalue weighted by molar-refractivity contribution is 0.0949. The fourth-order valence-corrected chi connectivity index (χ4v) is 2.90. The van der Waals surface area contributed by atoms with Crippen molar-refractivity contribution in [3.63, 3.8) is 0 Å². The average molecular weight is 478 g/mol. The number of aryl methyl sites for hydroxylation is 1. The van der Waals surface area contributed by atoms with Gasteiger partial charge >= 0.3 is 0 Å². The first-order valence-corrected chi connectivity index (χ1v) is 10.5. The van der Waals surface area contributed by atoms with Gasteiger partial charge in [-0.25, -0.2) is 9.97 Å². The fraction of sp³-hybridized carbons (Fsp3) is 0.227. The SMILES string of the molecule is CNC(=O)c1noc(-c2cnc(Oc3cc(OC(C)C)cc(C(=O)Nc4ccn(C)n4)c3)cn2)n1. The summed E-state index contributed by atoms with van der Waals surface area (Å²) in [5.41, 5.74) is 0.563. The number of amides is 2. The summed E-state index contributed by atoms with van der Waals surface area (Å²) in [5.74, 6) is 0.366. The van der Waals surface area contributed by atoms with Crippen LogP contribution in [0.1, 0.15) is 34.8 Å². The average Bonchev–Trinajstić information content (AvgIpc) is 3.48. The molecular formula is C22H22N8O5. The molecule has 0 aliphatic heterocycles. The molecule has 0 atom stereocenters. The molecule has 0 saturated heterocycles. The lowest BCUT2D eigenvalue weighted by Gasteiger charge is -2.13. The highest BCUT2D eigenvalue weighted by Crippen LogP contribution is 2.28. The molecule has 0 bridgehead atoms. The number of carbonyl (C=O) groups excluding carboxylic acids is 2. The molecule has 35 heavy (non-hydrogen) atoms.